The van der Waals surface area contributed by atoms with Gasteiger partial charge in [-0.1, -0.05) is 19.8 Å². The zero-order valence-electron chi connectivity index (χ0n) is 13.6. The van der Waals surface area contributed by atoms with Crippen LogP contribution in [0.1, 0.15) is 31.7 Å². The third kappa shape index (κ3) is 4.51. The lowest BCUT2D eigenvalue weighted by molar-refractivity contribution is -0.386. The molecule has 9 nitrogen and oxygen atoms in total. The summed E-state index contributed by atoms with van der Waals surface area (Å²) in [6.45, 7) is 2.48. The Morgan fingerprint density at radius 2 is 2.08 bits per heavy atom. The molecule has 0 aliphatic rings. The van der Waals surface area contributed by atoms with Gasteiger partial charge in [0.25, 0.3) is 0 Å². The van der Waals surface area contributed by atoms with Crippen LogP contribution in [-0.2, 0) is 0 Å². The van der Waals surface area contributed by atoms with Crippen LogP contribution in [0.15, 0.2) is 29.9 Å². The van der Waals surface area contributed by atoms with Crippen LogP contribution < -0.4 is 9.47 Å². The van der Waals surface area contributed by atoms with Crippen molar-refractivity contribution in [2.75, 3.05) is 13.7 Å². The fourth-order valence-electron chi connectivity index (χ4n) is 2.03. The van der Waals surface area contributed by atoms with E-state index in [0.717, 1.165) is 19.3 Å². The highest BCUT2D eigenvalue weighted by atomic mass is 16.6. The van der Waals surface area contributed by atoms with Crippen LogP contribution in [0.5, 0.6) is 11.5 Å². The summed E-state index contributed by atoms with van der Waals surface area (Å²) >= 11 is 0. The largest absolute Gasteiger partial charge is 0.493 e. The van der Waals surface area contributed by atoms with Gasteiger partial charge in [0.2, 0.25) is 5.75 Å². The summed E-state index contributed by atoms with van der Waals surface area (Å²) in [5.74, 6) is 0.436. The highest BCUT2D eigenvalue weighted by Crippen LogP contribution is 2.38. The van der Waals surface area contributed by atoms with Crippen molar-refractivity contribution >= 4 is 11.9 Å². The van der Waals surface area contributed by atoms with Crippen LogP contribution in [-0.4, -0.2) is 39.7 Å². The molecule has 9 heteroatoms. The second-order valence-corrected chi connectivity index (χ2v) is 4.97. The minimum atomic E-state index is -0.492. The van der Waals surface area contributed by atoms with E-state index in [2.05, 4.69) is 22.2 Å². The van der Waals surface area contributed by atoms with Crippen LogP contribution in [0.25, 0.3) is 0 Å². The molecule has 0 unspecified atom stereocenters. The van der Waals surface area contributed by atoms with E-state index in [1.165, 1.54) is 36.7 Å². The van der Waals surface area contributed by atoms with E-state index in [4.69, 9.17) is 9.47 Å². The minimum Gasteiger partial charge on any atom is -0.493 e. The number of rotatable bonds is 9. The molecule has 0 spiro atoms. The molecule has 2 rings (SSSR count). The summed E-state index contributed by atoms with van der Waals surface area (Å²) in [6.07, 6.45) is 7.15. The maximum atomic E-state index is 11.4. The first-order valence-corrected chi connectivity index (χ1v) is 7.54. The maximum Gasteiger partial charge on any atom is 0.315 e. The van der Waals surface area contributed by atoms with Crippen molar-refractivity contribution in [3.8, 4) is 11.5 Å². The van der Waals surface area contributed by atoms with Gasteiger partial charge in [0.1, 0.15) is 12.7 Å². The van der Waals surface area contributed by atoms with Gasteiger partial charge in [0.05, 0.1) is 24.9 Å². The van der Waals surface area contributed by atoms with Gasteiger partial charge in [0.15, 0.2) is 5.75 Å². The molecule has 0 aliphatic carbocycles. The third-order valence-electron chi connectivity index (χ3n) is 3.22. The van der Waals surface area contributed by atoms with E-state index in [1.54, 1.807) is 6.07 Å². The summed E-state index contributed by atoms with van der Waals surface area (Å²) in [5, 5.41) is 22.7. The molecule has 24 heavy (non-hydrogen) atoms. The van der Waals surface area contributed by atoms with E-state index in [-0.39, 0.29) is 11.4 Å². The predicted octanol–water partition coefficient (Wildman–Crippen LogP) is 2.65. The Kier molecular flexibility index (Phi) is 6.23. The summed E-state index contributed by atoms with van der Waals surface area (Å²) in [6, 6.07) is 3.03. The standard InChI is InChI=1S/C15H19N5O4/c1-3-4-5-6-24-15-13(20(21)22)7-12(8-14(15)23-2)9-18-19-10-16-17-11-19/h7-11H,3-6H2,1-2H3/b18-9-. The van der Waals surface area contributed by atoms with Crippen molar-refractivity contribution in [2.24, 2.45) is 5.10 Å². The number of nitrogens with zero attached hydrogens (tertiary/aromatic N) is 5. The number of hydrogen-bond donors (Lipinski definition) is 0. The highest BCUT2D eigenvalue weighted by Gasteiger charge is 2.22. The zero-order valence-corrected chi connectivity index (χ0v) is 13.6. The topological polar surface area (TPSA) is 105 Å². The molecule has 128 valence electrons. The van der Waals surface area contributed by atoms with Crippen molar-refractivity contribution < 1.29 is 14.4 Å². The number of unbranched alkanes of at least 4 members (excludes halogenated alkanes) is 2. The fourth-order valence-corrected chi connectivity index (χ4v) is 2.03. The predicted molar refractivity (Wildman–Crippen MR) is 87.7 cm³/mol. The highest BCUT2D eigenvalue weighted by molar-refractivity contribution is 5.83. The van der Waals surface area contributed by atoms with Crippen molar-refractivity contribution in [3.63, 3.8) is 0 Å². The number of nitro groups is 1. The second kappa shape index (κ2) is 8.61. The van der Waals surface area contributed by atoms with Gasteiger partial charge in [-0.2, -0.15) is 5.10 Å². The Labute approximate surface area is 139 Å². The van der Waals surface area contributed by atoms with Crippen molar-refractivity contribution in [2.45, 2.75) is 26.2 Å². The van der Waals surface area contributed by atoms with Gasteiger partial charge in [-0.25, -0.2) is 4.68 Å². The first-order valence-electron chi connectivity index (χ1n) is 7.54. The van der Waals surface area contributed by atoms with Gasteiger partial charge in [0, 0.05) is 11.6 Å². The summed E-state index contributed by atoms with van der Waals surface area (Å²) in [4.78, 5) is 10.9. The molecule has 1 heterocycles. The monoisotopic (exact) mass is 333 g/mol. The third-order valence-corrected chi connectivity index (χ3v) is 3.22. The number of nitro benzene ring substituents is 1. The normalized spacial score (nSPS) is 10.9. The molecule has 1 aromatic carbocycles. The smallest absolute Gasteiger partial charge is 0.315 e. The van der Waals surface area contributed by atoms with Crippen molar-refractivity contribution in [1.29, 1.82) is 0 Å². The van der Waals surface area contributed by atoms with Crippen LogP contribution in [0, 0.1) is 10.1 Å². The molecule has 0 amide bonds. The number of hydrogen-bond acceptors (Lipinski definition) is 7. The number of methoxy groups -OCH3 is 1. The van der Waals surface area contributed by atoms with E-state index >= 15 is 0 Å². The van der Waals surface area contributed by atoms with Crippen LogP contribution in [0.2, 0.25) is 0 Å². The average Bonchev–Trinajstić information content (AvgIpc) is 3.10. The summed E-state index contributed by atoms with van der Waals surface area (Å²) in [7, 11) is 1.44. The van der Waals surface area contributed by atoms with Gasteiger partial charge in [-0.05, 0) is 12.5 Å². The number of aromatic nitrogens is 3. The second-order valence-electron chi connectivity index (χ2n) is 4.97. The number of ether oxygens (including phenoxy) is 2. The van der Waals surface area contributed by atoms with Gasteiger partial charge in [-0.3, -0.25) is 10.1 Å². The Balaban J connectivity index is 2.28. The average molecular weight is 333 g/mol. The molecular weight excluding hydrogens is 314 g/mol. The van der Waals surface area contributed by atoms with Gasteiger partial charge in [-0.15, -0.1) is 10.2 Å². The quantitative estimate of drug-likeness (QED) is 0.302. The Morgan fingerprint density at radius 1 is 1.33 bits per heavy atom. The minimum absolute atomic E-state index is 0.139. The molecule has 0 bridgehead atoms. The van der Waals surface area contributed by atoms with Crippen molar-refractivity contribution in [1.82, 2.24) is 14.9 Å². The number of benzene rings is 1. The van der Waals surface area contributed by atoms with Gasteiger partial charge >= 0.3 is 5.69 Å². The Hall–Kier alpha value is -2.97. The Bertz CT molecular complexity index is 700. The first-order chi connectivity index (χ1) is 11.7. The molecule has 0 N–H and O–H groups in total. The lowest BCUT2D eigenvalue weighted by Crippen LogP contribution is -2.04. The Morgan fingerprint density at radius 3 is 2.71 bits per heavy atom. The lowest BCUT2D eigenvalue weighted by atomic mass is 10.2. The molecule has 0 saturated carbocycles. The molecule has 0 aliphatic heterocycles. The SMILES string of the molecule is CCCCCOc1c(OC)cc(/C=N\n2cnnc2)cc1[N+](=O)[O-]. The maximum absolute atomic E-state index is 11.4. The van der Waals surface area contributed by atoms with E-state index in [9.17, 15) is 10.1 Å². The van der Waals surface area contributed by atoms with Crippen LogP contribution in [0.3, 0.4) is 0 Å². The molecule has 0 atom stereocenters. The lowest BCUT2D eigenvalue weighted by Gasteiger charge is -2.11. The molecule has 1 aromatic heterocycles. The van der Waals surface area contributed by atoms with E-state index in [0.29, 0.717) is 17.9 Å². The zero-order chi connectivity index (χ0) is 17.4. The van der Waals surface area contributed by atoms with E-state index in [1.807, 2.05) is 0 Å². The van der Waals surface area contributed by atoms with Crippen molar-refractivity contribution in [3.05, 3.63) is 40.5 Å². The van der Waals surface area contributed by atoms with Crippen LogP contribution in [0.4, 0.5) is 5.69 Å². The van der Waals surface area contributed by atoms with E-state index < -0.39 is 4.92 Å². The fraction of sp³-hybridized carbons (Fsp3) is 0.400. The summed E-state index contributed by atoms with van der Waals surface area (Å²) < 4.78 is 12.2. The molecule has 0 fully saturated rings. The molecule has 0 saturated heterocycles. The molecular formula is C15H19N5O4. The van der Waals surface area contributed by atoms with Gasteiger partial charge < -0.3 is 9.47 Å². The molecule has 0 radical (unpaired) electrons. The molecule has 2 aromatic rings. The van der Waals surface area contributed by atoms with Crippen LogP contribution >= 0.6 is 0 Å². The first kappa shape index (κ1) is 17.4. The summed E-state index contributed by atoms with van der Waals surface area (Å²) in [5.41, 5.74) is 0.351.